The zero-order valence-corrected chi connectivity index (χ0v) is 9.44. The molecule has 4 N–H and O–H groups in total. The SMILES string of the molecule is CCOC(=O)[C@@H](O)[C@H](O)[C@@H](O)[C@H](O)C(=O)OC. The Bertz CT molecular complexity index is 266. The molecule has 0 radical (unpaired) electrons. The van der Waals surface area contributed by atoms with Crippen molar-refractivity contribution in [3.63, 3.8) is 0 Å². The lowest BCUT2D eigenvalue weighted by atomic mass is 10.0. The molecule has 0 saturated heterocycles. The first-order valence-corrected chi connectivity index (χ1v) is 4.83. The fraction of sp³-hybridized carbons (Fsp3) is 0.778. The Balaban J connectivity index is 4.52. The van der Waals surface area contributed by atoms with Gasteiger partial charge in [0.05, 0.1) is 13.7 Å². The number of ether oxygens (including phenoxy) is 2. The summed E-state index contributed by atoms with van der Waals surface area (Å²) in [4.78, 5) is 21.8. The Morgan fingerprint density at radius 2 is 1.41 bits per heavy atom. The third-order valence-electron chi connectivity index (χ3n) is 1.97. The molecule has 0 fully saturated rings. The maximum Gasteiger partial charge on any atom is 0.337 e. The molecule has 0 bridgehead atoms. The molecular weight excluding hydrogens is 236 g/mol. The predicted molar refractivity (Wildman–Crippen MR) is 52.7 cm³/mol. The van der Waals surface area contributed by atoms with E-state index in [-0.39, 0.29) is 6.61 Å². The van der Waals surface area contributed by atoms with E-state index in [0.717, 1.165) is 7.11 Å². The monoisotopic (exact) mass is 252 g/mol. The van der Waals surface area contributed by atoms with E-state index in [2.05, 4.69) is 9.47 Å². The Kier molecular flexibility index (Phi) is 6.66. The molecule has 0 unspecified atom stereocenters. The van der Waals surface area contributed by atoms with Crippen LogP contribution in [-0.4, -0.2) is 70.5 Å². The Morgan fingerprint density at radius 1 is 1.00 bits per heavy atom. The second kappa shape index (κ2) is 7.17. The minimum atomic E-state index is -2.07. The van der Waals surface area contributed by atoms with Crippen LogP contribution in [0.5, 0.6) is 0 Å². The van der Waals surface area contributed by atoms with E-state index in [1.54, 1.807) is 0 Å². The van der Waals surface area contributed by atoms with Gasteiger partial charge in [0.2, 0.25) is 0 Å². The van der Waals surface area contributed by atoms with Gasteiger partial charge >= 0.3 is 11.9 Å². The normalized spacial score (nSPS) is 17.8. The van der Waals surface area contributed by atoms with Crippen molar-refractivity contribution >= 4 is 11.9 Å². The fourth-order valence-corrected chi connectivity index (χ4v) is 1.00. The van der Waals surface area contributed by atoms with Crippen LogP contribution in [0, 0.1) is 0 Å². The molecule has 0 aromatic rings. The molecule has 8 nitrogen and oxygen atoms in total. The van der Waals surface area contributed by atoms with Gasteiger partial charge in [0.15, 0.2) is 12.2 Å². The molecule has 17 heavy (non-hydrogen) atoms. The highest BCUT2D eigenvalue weighted by atomic mass is 16.6. The summed E-state index contributed by atoms with van der Waals surface area (Å²) in [6.07, 6.45) is -8.27. The Morgan fingerprint density at radius 3 is 1.76 bits per heavy atom. The van der Waals surface area contributed by atoms with Gasteiger partial charge in [0.25, 0.3) is 0 Å². The number of carbonyl (C=O) groups is 2. The molecule has 100 valence electrons. The summed E-state index contributed by atoms with van der Waals surface area (Å²) in [5.41, 5.74) is 0. The van der Waals surface area contributed by atoms with Crippen molar-refractivity contribution in [3.8, 4) is 0 Å². The Hall–Kier alpha value is -1.22. The summed E-state index contributed by atoms with van der Waals surface area (Å²) in [6.45, 7) is 1.45. The van der Waals surface area contributed by atoms with Gasteiger partial charge in [-0.15, -0.1) is 0 Å². The van der Waals surface area contributed by atoms with Crippen LogP contribution in [0.25, 0.3) is 0 Å². The number of aliphatic hydroxyl groups excluding tert-OH is 4. The zero-order valence-electron chi connectivity index (χ0n) is 9.44. The quantitative estimate of drug-likeness (QED) is 0.372. The van der Waals surface area contributed by atoms with Crippen molar-refractivity contribution in [1.82, 2.24) is 0 Å². The zero-order chi connectivity index (χ0) is 13.6. The number of hydrogen-bond donors (Lipinski definition) is 4. The van der Waals surface area contributed by atoms with Gasteiger partial charge in [0, 0.05) is 0 Å². The van der Waals surface area contributed by atoms with Crippen molar-refractivity contribution in [2.24, 2.45) is 0 Å². The van der Waals surface area contributed by atoms with Crippen LogP contribution in [0.1, 0.15) is 6.92 Å². The van der Waals surface area contributed by atoms with E-state index in [1.165, 1.54) is 6.92 Å². The first-order chi connectivity index (χ1) is 7.86. The molecule has 0 aromatic heterocycles. The molecule has 0 aliphatic heterocycles. The number of esters is 2. The fourth-order valence-electron chi connectivity index (χ4n) is 1.00. The van der Waals surface area contributed by atoms with Crippen LogP contribution in [0.2, 0.25) is 0 Å². The highest BCUT2D eigenvalue weighted by molar-refractivity contribution is 5.77. The van der Waals surface area contributed by atoms with Crippen molar-refractivity contribution < 1.29 is 39.5 Å². The topological polar surface area (TPSA) is 134 Å². The van der Waals surface area contributed by atoms with Crippen LogP contribution in [0.4, 0.5) is 0 Å². The van der Waals surface area contributed by atoms with Gasteiger partial charge in [0.1, 0.15) is 12.2 Å². The lowest BCUT2D eigenvalue weighted by Crippen LogP contribution is -2.50. The first kappa shape index (κ1) is 15.8. The highest BCUT2D eigenvalue weighted by Gasteiger charge is 2.38. The number of carbonyl (C=O) groups excluding carboxylic acids is 2. The van der Waals surface area contributed by atoms with E-state index in [1.807, 2.05) is 0 Å². The summed E-state index contributed by atoms with van der Waals surface area (Å²) in [5, 5.41) is 37.0. The standard InChI is InChI=1S/C9H16O8/c1-3-17-9(15)7(13)5(11)4(10)6(12)8(14)16-2/h4-7,10-13H,3H2,1-2H3/t4-,5-,6+,7+/m1/s1. The maximum absolute atomic E-state index is 11.0. The lowest BCUT2D eigenvalue weighted by molar-refractivity contribution is -0.177. The van der Waals surface area contributed by atoms with Gasteiger partial charge < -0.3 is 29.9 Å². The first-order valence-electron chi connectivity index (χ1n) is 4.83. The van der Waals surface area contributed by atoms with Crippen molar-refractivity contribution in [2.75, 3.05) is 13.7 Å². The molecule has 0 aromatic carbocycles. The molecule has 0 rings (SSSR count). The molecule has 4 atom stereocenters. The Labute approximate surface area is 97.4 Å². The average molecular weight is 252 g/mol. The van der Waals surface area contributed by atoms with Crippen LogP contribution in [0.15, 0.2) is 0 Å². The van der Waals surface area contributed by atoms with Crippen LogP contribution in [0.3, 0.4) is 0 Å². The predicted octanol–water partition coefficient (Wildman–Crippen LogP) is -2.83. The molecule has 0 amide bonds. The van der Waals surface area contributed by atoms with E-state index >= 15 is 0 Å². The van der Waals surface area contributed by atoms with Gasteiger partial charge in [-0.2, -0.15) is 0 Å². The van der Waals surface area contributed by atoms with Crippen molar-refractivity contribution in [1.29, 1.82) is 0 Å². The summed E-state index contributed by atoms with van der Waals surface area (Å²) < 4.78 is 8.50. The average Bonchev–Trinajstić information content (AvgIpc) is 2.34. The summed E-state index contributed by atoms with van der Waals surface area (Å²) in [6, 6.07) is 0. The van der Waals surface area contributed by atoms with Gasteiger partial charge in [-0.1, -0.05) is 0 Å². The largest absolute Gasteiger partial charge is 0.467 e. The van der Waals surface area contributed by atoms with E-state index in [9.17, 15) is 24.9 Å². The van der Waals surface area contributed by atoms with Gasteiger partial charge in [-0.05, 0) is 6.92 Å². The molecule has 0 heterocycles. The number of rotatable bonds is 6. The third kappa shape index (κ3) is 4.27. The molecule has 0 spiro atoms. The number of hydrogen-bond acceptors (Lipinski definition) is 8. The van der Waals surface area contributed by atoms with E-state index in [4.69, 9.17) is 5.11 Å². The molecule has 0 saturated carbocycles. The van der Waals surface area contributed by atoms with Gasteiger partial charge in [-0.25, -0.2) is 9.59 Å². The van der Waals surface area contributed by atoms with Crippen LogP contribution in [-0.2, 0) is 19.1 Å². The lowest BCUT2D eigenvalue weighted by Gasteiger charge is -2.23. The maximum atomic E-state index is 11.0. The second-order valence-corrected chi connectivity index (χ2v) is 3.15. The summed E-state index contributed by atoms with van der Waals surface area (Å²) >= 11 is 0. The van der Waals surface area contributed by atoms with E-state index in [0.29, 0.717) is 0 Å². The number of aliphatic hydroxyl groups is 4. The van der Waals surface area contributed by atoms with Gasteiger partial charge in [-0.3, -0.25) is 0 Å². The van der Waals surface area contributed by atoms with Crippen LogP contribution >= 0.6 is 0 Å². The summed E-state index contributed by atoms with van der Waals surface area (Å²) in [7, 11) is 0.965. The van der Waals surface area contributed by atoms with Crippen molar-refractivity contribution in [3.05, 3.63) is 0 Å². The third-order valence-corrected chi connectivity index (χ3v) is 1.97. The number of methoxy groups -OCH3 is 1. The smallest absolute Gasteiger partial charge is 0.337 e. The molecule has 0 aliphatic carbocycles. The minimum Gasteiger partial charge on any atom is -0.467 e. The second-order valence-electron chi connectivity index (χ2n) is 3.15. The summed E-state index contributed by atoms with van der Waals surface area (Å²) in [5.74, 6) is -2.37. The van der Waals surface area contributed by atoms with Crippen molar-refractivity contribution in [2.45, 2.75) is 31.3 Å². The van der Waals surface area contributed by atoms with E-state index < -0.39 is 36.4 Å². The molecule has 0 aliphatic rings. The highest BCUT2D eigenvalue weighted by Crippen LogP contribution is 2.08. The molecule has 8 heteroatoms. The minimum absolute atomic E-state index is 0.0295. The molecular formula is C9H16O8. The van der Waals surface area contributed by atoms with Crippen LogP contribution < -0.4 is 0 Å².